The van der Waals surface area contributed by atoms with Crippen LogP contribution in [0.1, 0.15) is 18.1 Å². The van der Waals surface area contributed by atoms with E-state index < -0.39 is 10.9 Å². The Bertz CT molecular complexity index is 974. The molecule has 0 radical (unpaired) electrons. The second-order valence-corrected chi connectivity index (χ2v) is 5.96. The summed E-state index contributed by atoms with van der Waals surface area (Å²) in [7, 11) is 0. The van der Waals surface area contributed by atoms with Crippen LogP contribution in [0.25, 0.3) is 6.08 Å². The van der Waals surface area contributed by atoms with Gasteiger partial charge in [0.2, 0.25) is 5.90 Å². The molecule has 3 rings (SSSR count). The van der Waals surface area contributed by atoms with E-state index in [-0.39, 0.29) is 17.3 Å². The van der Waals surface area contributed by atoms with E-state index in [1.165, 1.54) is 24.3 Å². The van der Waals surface area contributed by atoms with E-state index in [0.717, 1.165) is 11.1 Å². The molecule has 2 aromatic carbocycles. The molecule has 0 amide bonds. The average molecular weight is 364 g/mol. The Morgan fingerprint density at radius 3 is 2.70 bits per heavy atom. The molecule has 0 aromatic heterocycles. The quantitative estimate of drug-likeness (QED) is 0.255. The highest BCUT2D eigenvalue weighted by Crippen LogP contribution is 2.22. The molecule has 0 N–H and O–H groups in total. The van der Waals surface area contributed by atoms with E-state index in [1.807, 2.05) is 19.1 Å². The number of rotatable bonds is 6. The van der Waals surface area contributed by atoms with Crippen molar-refractivity contribution in [3.63, 3.8) is 0 Å². The van der Waals surface area contributed by atoms with Gasteiger partial charge >= 0.3 is 5.97 Å². The Hall–Kier alpha value is -3.74. The molecule has 1 aliphatic rings. The third-order valence-corrected chi connectivity index (χ3v) is 3.59. The maximum atomic E-state index is 12.1. The predicted molar refractivity (Wildman–Crippen MR) is 100 cm³/mol. The van der Waals surface area contributed by atoms with E-state index in [9.17, 15) is 14.9 Å². The first-order chi connectivity index (χ1) is 12.9. The van der Waals surface area contributed by atoms with Crippen LogP contribution in [0.4, 0.5) is 5.69 Å². The summed E-state index contributed by atoms with van der Waals surface area (Å²) in [4.78, 5) is 26.5. The zero-order chi connectivity index (χ0) is 19.4. The number of cyclic esters (lactones) is 1. The molecule has 0 fully saturated rings. The number of carbonyl (C=O) groups excluding carboxylic acids is 1. The van der Waals surface area contributed by atoms with Crippen molar-refractivity contribution in [1.29, 1.82) is 0 Å². The minimum absolute atomic E-state index is 0.0500. The first-order valence-corrected chi connectivity index (χ1v) is 8.07. The smallest absolute Gasteiger partial charge is 0.363 e. The van der Waals surface area contributed by atoms with Gasteiger partial charge < -0.3 is 9.47 Å². The lowest BCUT2D eigenvalue weighted by Crippen LogP contribution is -2.05. The number of nitrogens with zero attached hydrogens (tertiary/aromatic N) is 2. The highest BCUT2D eigenvalue weighted by atomic mass is 16.6. The minimum Gasteiger partial charge on any atom is -0.489 e. The predicted octanol–water partition coefficient (Wildman–Crippen LogP) is 3.89. The van der Waals surface area contributed by atoms with E-state index in [4.69, 9.17) is 9.47 Å². The van der Waals surface area contributed by atoms with Gasteiger partial charge in [-0.3, -0.25) is 10.1 Å². The van der Waals surface area contributed by atoms with Crippen molar-refractivity contribution in [2.75, 3.05) is 6.61 Å². The van der Waals surface area contributed by atoms with Gasteiger partial charge in [-0.25, -0.2) is 9.79 Å². The Kier molecular flexibility index (Phi) is 5.12. The van der Waals surface area contributed by atoms with Gasteiger partial charge in [-0.15, -0.1) is 0 Å². The van der Waals surface area contributed by atoms with Gasteiger partial charge in [-0.2, -0.15) is 0 Å². The second-order valence-electron chi connectivity index (χ2n) is 5.96. The summed E-state index contributed by atoms with van der Waals surface area (Å²) in [6.45, 7) is 6.06. The van der Waals surface area contributed by atoms with Crippen molar-refractivity contribution in [1.82, 2.24) is 0 Å². The number of hydrogen-bond donors (Lipinski definition) is 0. The van der Waals surface area contributed by atoms with Crippen molar-refractivity contribution < 1.29 is 19.2 Å². The monoisotopic (exact) mass is 364 g/mol. The van der Waals surface area contributed by atoms with Gasteiger partial charge in [-0.05, 0) is 48.4 Å². The summed E-state index contributed by atoms with van der Waals surface area (Å²) in [5, 5.41) is 10.7. The van der Waals surface area contributed by atoms with Gasteiger partial charge in [0.15, 0.2) is 5.70 Å². The number of non-ortho nitro benzene ring substituents is 1. The molecule has 1 aliphatic heterocycles. The van der Waals surface area contributed by atoms with Crippen LogP contribution in [0, 0.1) is 10.1 Å². The Balaban J connectivity index is 1.82. The fourth-order valence-corrected chi connectivity index (χ4v) is 2.32. The van der Waals surface area contributed by atoms with Crippen LogP contribution in [-0.2, 0) is 9.53 Å². The van der Waals surface area contributed by atoms with Crippen molar-refractivity contribution >= 4 is 23.6 Å². The van der Waals surface area contributed by atoms with Gasteiger partial charge in [0.05, 0.1) is 4.92 Å². The summed E-state index contributed by atoms with van der Waals surface area (Å²) >= 11 is 0. The van der Waals surface area contributed by atoms with Crippen LogP contribution >= 0.6 is 0 Å². The largest absolute Gasteiger partial charge is 0.489 e. The molecule has 7 heteroatoms. The molecule has 0 saturated heterocycles. The lowest BCUT2D eigenvalue weighted by molar-refractivity contribution is -0.384. The van der Waals surface area contributed by atoms with Crippen LogP contribution in [0.15, 0.2) is 71.4 Å². The number of nitro groups is 1. The summed E-state index contributed by atoms with van der Waals surface area (Å²) in [5.74, 6) is 0.172. The number of ether oxygens (including phenoxy) is 2. The summed E-state index contributed by atoms with van der Waals surface area (Å²) in [5.41, 5.74) is 2.20. The van der Waals surface area contributed by atoms with Crippen LogP contribution in [0.5, 0.6) is 5.75 Å². The Labute approximate surface area is 155 Å². The lowest BCUT2D eigenvalue weighted by atomic mass is 10.2. The van der Waals surface area contributed by atoms with Gasteiger partial charge in [-0.1, -0.05) is 18.7 Å². The minimum atomic E-state index is -0.586. The SMILES string of the molecule is C=C(C)COc1cccc(/C=C2\N=C(c3ccc([N+](=O)[O-])cc3)OC2=O)c1. The van der Waals surface area contributed by atoms with E-state index >= 15 is 0 Å². The van der Waals surface area contributed by atoms with E-state index in [0.29, 0.717) is 17.9 Å². The molecule has 0 unspecified atom stereocenters. The molecule has 7 nitrogen and oxygen atoms in total. The Morgan fingerprint density at radius 1 is 1.30 bits per heavy atom. The van der Waals surface area contributed by atoms with E-state index in [1.54, 1.807) is 18.2 Å². The van der Waals surface area contributed by atoms with Crippen LogP contribution in [-0.4, -0.2) is 23.4 Å². The number of aliphatic imine (C=N–C) groups is 1. The first-order valence-electron chi connectivity index (χ1n) is 8.07. The van der Waals surface area contributed by atoms with Gasteiger partial charge in [0, 0.05) is 17.7 Å². The van der Waals surface area contributed by atoms with Crippen LogP contribution < -0.4 is 4.74 Å². The number of carbonyl (C=O) groups is 1. The first kappa shape index (κ1) is 18.1. The standard InChI is InChI=1S/C20H16N2O5/c1-13(2)12-26-17-5-3-4-14(10-17)11-18-20(23)27-19(21-18)15-6-8-16(9-7-15)22(24)25/h3-11H,1,12H2,2H3/b18-11-. The number of hydrogen-bond acceptors (Lipinski definition) is 6. The number of esters is 1. The van der Waals surface area contributed by atoms with Crippen LogP contribution in [0.3, 0.4) is 0 Å². The molecule has 2 aromatic rings. The zero-order valence-corrected chi connectivity index (χ0v) is 14.5. The molecule has 0 aliphatic carbocycles. The number of nitro benzene ring substituents is 1. The fourth-order valence-electron chi connectivity index (χ4n) is 2.32. The molecule has 136 valence electrons. The molecule has 0 bridgehead atoms. The van der Waals surface area contributed by atoms with Gasteiger partial charge in [0.25, 0.3) is 5.69 Å². The third kappa shape index (κ3) is 4.46. The lowest BCUT2D eigenvalue weighted by Gasteiger charge is -2.06. The fraction of sp³-hybridized carbons (Fsp3) is 0.100. The third-order valence-electron chi connectivity index (χ3n) is 3.59. The summed E-state index contributed by atoms with van der Waals surface area (Å²) in [6.07, 6.45) is 1.59. The zero-order valence-electron chi connectivity index (χ0n) is 14.5. The molecule has 0 saturated carbocycles. The molecule has 1 heterocycles. The average Bonchev–Trinajstić information content (AvgIpc) is 3.01. The second kappa shape index (κ2) is 7.65. The topological polar surface area (TPSA) is 91.0 Å². The van der Waals surface area contributed by atoms with Crippen molar-refractivity contribution in [3.8, 4) is 5.75 Å². The van der Waals surface area contributed by atoms with Crippen LogP contribution in [0.2, 0.25) is 0 Å². The molecular formula is C20H16N2O5. The van der Waals surface area contributed by atoms with Crippen molar-refractivity contribution in [2.24, 2.45) is 4.99 Å². The Morgan fingerprint density at radius 2 is 2.04 bits per heavy atom. The molecule has 27 heavy (non-hydrogen) atoms. The molecular weight excluding hydrogens is 348 g/mol. The normalized spacial score (nSPS) is 14.6. The maximum absolute atomic E-state index is 12.1. The van der Waals surface area contributed by atoms with E-state index in [2.05, 4.69) is 11.6 Å². The van der Waals surface area contributed by atoms with Gasteiger partial charge in [0.1, 0.15) is 12.4 Å². The highest BCUT2D eigenvalue weighted by Gasteiger charge is 2.24. The molecule has 0 atom stereocenters. The summed E-state index contributed by atoms with van der Waals surface area (Å²) < 4.78 is 10.8. The number of benzene rings is 2. The van der Waals surface area contributed by atoms with Crippen molar-refractivity contribution in [3.05, 3.63) is 87.6 Å². The molecule has 0 spiro atoms. The summed E-state index contributed by atoms with van der Waals surface area (Å²) in [6, 6.07) is 12.8. The maximum Gasteiger partial charge on any atom is 0.363 e. The van der Waals surface area contributed by atoms with Crippen molar-refractivity contribution in [2.45, 2.75) is 6.92 Å². The highest BCUT2D eigenvalue weighted by molar-refractivity contribution is 6.12.